The van der Waals surface area contributed by atoms with Gasteiger partial charge in [-0.1, -0.05) is 47.1 Å². The van der Waals surface area contributed by atoms with Crippen molar-refractivity contribution in [2.45, 2.75) is 20.8 Å². The van der Waals surface area contributed by atoms with Crippen LogP contribution in [0.3, 0.4) is 0 Å². The van der Waals surface area contributed by atoms with Crippen LogP contribution < -0.4 is 5.32 Å². The molecule has 1 N–H and O–H groups in total. The van der Waals surface area contributed by atoms with Crippen LogP contribution in [0, 0.1) is 20.8 Å². The number of carbonyl (C=O) groups excluding carboxylic acids is 1. The summed E-state index contributed by atoms with van der Waals surface area (Å²) < 4.78 is 0. The normalized spacial score (nSPS) is 10.7. The number of rotatable bonds is 5. The Morgan fingerprint density at radius 1 is 1.09 bits per heavy atom. The van der Waals surface area contributed by atoms with Crippen LogP contribution in [0.25, 0.3) is 0 Å². The summed E-state index contributed by atoms with van der Waals surface area (Å²) in [6, 6.07) is 13.8. The first-order valence-corrected chi connectivity index (χ1v) is 7.14. The van der Waals surface area contributed by atoms with E-state index in [4.69, 9.17) is 4.84 Å². The van der Waals surface area contributed by atoms with E-state index in [9.17, 15) is 4.79 Å². The second-order valence-electron chi connectivity index (χ2n) is 5.29. The van der Waals surface area contributed by atoms with Gasteiger partial charge in [0.2, 0.25) is 0 Å². The van der Waals surface area contributed by atoms with Crippen molar-refractivity contribution in [3.8, 4) is 0 Å². The minimum atomic E-state index is -0.227. The SMILES string of the molecule is Cc1ccc(/C=N\OCC(=O)Nc2cc(C)ccc2C)cc1. The fraction of sp³-hybridized carbons (Fsp3) is 0.222. The smallest absolute Gasteiger partial charge is 0.265 e. The molecule has 0 aliphatic rings. The number of hydrogen-bond donors (Lipinski definition) is 1. The zero-order valence-corrected chi connectivity index (χ0v) is 13.1. The molecule has 0 saturated carbocycles. The van der Waals surface area contributed by atoms with Crippen LogP contribution in [0.2, 0.25) is 0 Å². The third-order valence-electron chi connectivity index (χ3n) is 3.22. The number of nitrogens with one attached hydrogen (secondary N) is 1. The fourth-order valence-corrected chi connectivity index (χ4v) is 1.90. The summed E-state index contributed by atoms with van der Waals surface area (Å²) in [5.41, 5.74) is 5.03. The Kier molecular flexibility index (Phi) is 5.31. The largest absolute Gasteiger partial charge is 0.386 e. The lowest BCUT2D eigenvalue weighted by Crippen LogP contribution is -2.17. The van der Waals surface area contributed by atoms with Crippen molar-refractivity contribution >= 4 is 17.8 Å². The Morgan fingerprint density at radius 2 is 1.77 bits per heavy atom. The average Bonchev–Trinajstić information content (AvgIpc) is 2.49. The molecule has 1 amide bonds. The summed E-state index contributed by atoms with van der Waals surface area (Å²) in [7, 11) is 0. The quantitative estimate of drug-likeness (QED) is 0.677. The van der Waals surface area contributed by atoms with Crippen LogP contribution in [-0.4, -0.2) is 18.7 Å². The number of oxime groups is 1. The molecule has 0 radical (unpaired) electrons. The minimum absolute atomic E-state index is 0.115. The molecule has 4 heteroatoms. The van der Waals surface area contributed by atoms with Gasteiger partial charge in [0.15, 0.2) is 6.61 Å². The van der Waals surface area contributed by atoms with Gasteiger partial charge < -0.3 is 10.2 Å². The van der Waals surface area contributed by atoms with Crippen LogP contribution in [0.5, 0.6) is 0 Å². The summed E-state index contributed by atoms with van der Waals surface area (Å²) in [6.45, 7) is 5.84. The van der Waals surface area contributed by atoms with Gasteiger partial charge in [0.25, 0.3) is 5.91 Å². The predicted octanol–water partition coefficient (Wildman–Crippen LogP) is 3.60. The summed E-state index contributed by atoms with van der Waals surface area (Å²) in [6.07, 6.45) is 1.59. The van der Waals surface area contributed by atoms with E-state index in [1.807, 2.05) is 63.2 Å². The molecule has 0 heterocycles. The number of anilines is 1. The van der Waals surface area contributed by atoms with E-state index in [0.29, 0.717) is 0 Å². The van der Waals surface area contributed by atoms with E-state index in [2.05, 4.69) is 10.5 Å². The molecule has 22 heavy (non-hydrogen) atoms. The van der Waals surface area contributed by atoms with Crippen molar-refractivity contribution in [2.75, 3.05) is 11.9 Å². The van der Waals surface area contributed by atoms with Crippen LogP contribution in [0.1, 0.15) is 22.3 Å². The van der Waals surface area contributed by atoms with Crippen molar-refractivity contribution in [2.24, 2.45) is 5.16 Å². The van der Waals surface area contributed by atoms with Gasteiger partial charge in [0.1, 0.15) is 0 Å². The highest BCUT2D eigenvalue weighted by Crippen LogP contribution is 2.16. The lowest BCUT2D eigenvalue weighted by Gasteiger charge is -2.08. The fourth-order valence-electron chi connectivity index (χ4n) is 1.90. The molecule has 0 unspecified atom stereocenters. The second-order valence-corrected chi connectivity index (χ2v) is 5.29. The molecule has 0 spiro atoms. The number of benzene rings is 2. The molecule has 2 aromatic carbocycles. The molecule has 2 rings (SSSR count). The van der Waals surface area contributed by atoms with Gasteiger partial charge in [0.05, 0.1) is 6.21 Å². The summed E-state index contributed by atoms with van der Waals surface area (Å²) in [4.78, 5) is 16.9. The first kappa shape index (κ1) is 15.8. The number of amides is 1. The molecule has 0 fully saturated rings. The van der Waals surface area contributed by atoms with E-state index in [1.54, 1.807) is 6.21 Å². The van der Waals surface area contributed by atoms with E-state index in [0.717, 1.165) is 22.4 Å². The average molecular weight is 296 g/mol. The number of hydrogen-bond acceptors (Lipinski definition) is 3. The van der Waals surface area contributed by atoms with E-state index >= 15 is 0 Å². The van der Waals surface area contributed by atoms with Crippen molar-refractivity contribution in [1.82, 2.24) is 0 Å². The van der Waals surface area contributed by atoms with Gasteiger partial charge in [-0.2, -0.15) is 0 Å². The Hall–Kier alpha value is -2.62. The summed E-state index contributed by atoms with van der Waals surface area (Å²) in [5.74, 6) is -0.227. The van der Waals surface area contributed by atoms with Gasteiger partial charge in [-0.3, -0.25) is 4.79 Å². The number of aryl methyl sites for hydroxylation is 3. The molecule has 4 nitrogen and oxygen atoms in total. The van der Waals surface area contributed by atoms with Crippen molar-refractivity contribution < 1.29 is 9.63 Å². The third kappa shape index (κ3) is 4.74. The summed E-state index contributed by atoms with van der Waals surface area (Å²) >= 11 is 0. The number of carbonyl (C=O) groups is 1. The molecule has 0 aromatic heterocycles. The standard InChI is InChI=1S/C18H20N2O2/c1-13-5-8-16(9-6-13)11-19-22-12-18(21)20-17-10-14(2)4-7-15(17)3/h4-11H,12H2,1-3H3,(H,20,21)/b19-11-. The lowest BCUT2D eigenvalue weighted by atomic mass is 10.1. The maximum atomic E-state index is 11.8. The maximum Gasteiger partial charge on any atom is 0.265 e. The highest BCUT2D eigenvalue weighted by atomic mass is 16.6. The molecule has 114 valence electrons. The Morgan fingerprint density at radius 3 is 2.50 bits per heavy atom. The zero-order chi connectivity index (χ0) is 15.9. The Bertz CT molecular complexity index is 676. The van der Waals surface area contributed by atoms with Gasteiger partial charge in [-0.15, -0.1) is 0 Å². The van der Waals surface area contributed by atoms with E-state index < -0.39 is 0 Å². The molecular formula is C18H20N2O2. The van der Waals surface area contributed by atoms with E-state index in [-0.39, 0.29) is 12.5 Å². The lowest BCUT2D eigenvalue weighted by molar-refractivity contribution is -0.120. The highest BCUT2D eigenvalue weighted by Gasteiger charge is 2.05. The summed E-state index contributed by atoms with van der Waals surface area (Å²) in [5, 5.41) is 6.63. The molecule has 0 atom stereocenters. The molecule has 0 aliphatic heterocycles. The number of nitrogens with zero attached hydrogens (tertiary/aromatic N) is 1. The first-order chi connectivity index (χ1) is 10.5. The Labute approximate surface area is 130 Å². The maximum absolute atomic E-state index is 11.8. The van der Waals surface area contributed by atoms with Crippen molar-refractivity contribution in [1.29, 1.82) is 0 Å². The first-order valence-electron chi connectivity index (χ1n) is 7.14. The molecular weight excluding hydrogens is 276 g/mol. The van der Waals surface area contributed by atoms with Crippen molar-refractivity contribution in [3.63, 3.8) is 0 Å². The van der Waals surface area contributed by atoms with Gasteiger partial charge in [-0.05, 0) is 43.5 Å². The molecule has 0 aliphatic carbocycles. The van der Waals surface area contributed by atoms with E-state index in [1.165, 1.54) is 5.56 Å². The second kappa shape index (κ2) is 7.41. The topological polar surface area (TPSA) is 50.7 Å². The molecule has 0 saturated heterocycles. The van der Waals surface area contributed by atoms with Crippen LogP contribution in [0.15, 0.2) is 47.6 Å². The highest BCUT2D eigenvalue weighted by molar-refractivity contribution is 5.92. The van der Waals surface area contributed by atoms with Gasteiger partial charge >= 0.3 is 0 Å². The van der Waals surface area contributed by atoms with Gasteiger partial charge in [-0.25, -0.2) is 0 Å². The monoisotopic (exact) mass is 296 g/mol. The minimum Gasteiger partial charge on any atom is -0.386 e. The van der Waals surface area contributed by atoms with Gasteiger partial charge in [0, 0.05) is 5.69 Å². The van der Waals surface area contributed by atoms with Crippen LogP contribution in [-0.2, 0) is 9.63 Å². The predicted molar refractivity (Wildman–Crippen MR) is 89.3 cm³/mol. The van der Waals surface area contributed by atoms with Crippen molar-refractivity contribution in [3.05, 3.63) is 64.7 Å². The molecule has 0 bridgehead atoms. The molecule has 2 aromatic rings. The Balaban J connectivity index is 1.83. The van der Waals surface area contributed by atoms with Crippen LogP contribution in [0.4, 0.5) is 5.69 Å². The van der Waals surface area contributed by atoms with Crippen LogP contribution >= 0.6 is 0 Å². The third-order valence-corrected chi connectivity index (χ3v) is 3.22. The zero-order valence-electron chi connectivity index (χ0n) is 13.1.